The van der Waals surface area contributed by atoms with Crippen LogP contribution < -0.4 is 19.9 Å². The van der Waals surface area contributed by atoms with Crippen LogP contribution in [0.5, 0.6) is 5.75 Å². The number of benzene rings is 1. The zero-order valence-electron chi connectivity index (χ0n) is 14.9. The summed E-state index contributed by atoms with van der Waals surface area (Å²) < 4.78 is 15.8. The number of Topliss-reactive ketones (excluding diaryl/α,β-unsaturated/α-hetero) is 1. The second-order valence-corrected chi connectivity index (χ2v) is 6.37. The van der Waals surface area contributed by atoms with Gasteiger partial charge in [0.2, 0.25) is 0 Å². The molecular formula is C18H25O6P. The molecule has 0 saturated heterocycles. The number of ketones is 1. The average Bonchev–Trinajstić information content (AvgIpc) is 2.54. The average molecular weight is 368 g/mol. The number of carbonyl (C=O) groups excluding carboxylic acids is 1. The Morgan fingerprint density at radius 3 is 2.12 bits per heavy atom. The molecule has 1 unspecified atom stereocenters. The van der Waals surface area contributed by atoms with E-state index < -0.39 is 8.25 Å². The van der Waals surface area contributed by atoms with Crippen molar-refractivity contribution in [2.75, 3.05) is 0 Å². The van der Waals surface area contributed by atoms with E-state index in [-0.39, 0.29) is 40.3 Å². The van der Waals surface area contributed by atoms with Crippen molar-refractivity contribution in [1.82, 2.24) is 0 Å². The van der Waals surface area contributed by atoms with E-state index in [1.54, 1.807) is 0 Å². The van der Waals surface area contributed by atoms with Crippen LogP contribution in [0.2, 0.25) is 0 Å². The first-order chi connectivity index (χ1) is 11.9. The first kappa shape index (κ1) is 21.1. The lowest BCUT2D eigenvalue weighted by atomic mass is 9.98. The van der Waals surface area contributed by atoms with E-state index in [0.717, 1.165) is 0 Å². The van der Waals surface area contributed by atoms with E-state index in [0.29, 0.717) is 37.3 Å². The van der Waals surface area contributed by atoms with Crippen molar-refractivity contribution in [1.29, 1.82) is 0 Å². The normalized spacial score (nSPS) is 14.0. The second kappa shape index (κ2) is 10.2. The Kier molecular flexibility index (Phi) is 8.59. The smallest absolute Gasteiger partial charge is 0.539 e. The van der Waals surface area contributed by atoms with E-state index in [2.05, 4.69) is 0 Å². The molecule has 0 fully saturated rings. The molecular weight excluding hydrogens is 343 g/mol. The second-order valence-electron chi connectivity index (χ2n) is 5.74. The van der Waals surface area contributed by atoms with Gasteiger partial charge in [-0.2, -0.15) is 0 Å². The molecule has 0 spiro atoms. The Morgan fingerprint density at radius 2 is 1.60 bits per heavy atom. The molecule has 7 heteroatoms. The molecule has 0 radical (unpaired) electrons. The highest BCUT2D eigenvalue weighted by atomic mass is 31.1. The Bertz CT molecular complexity index is 754. The van der Waals surface area contributed by atoms with Crippen LogP contribution in [0.25, 0.3) is 11.5 Å². The molecule has 0 aliphatic carbocycles. The number of carbonyl (C=O) groups is 1. The predicted octanol–water partition coefficient (Wildman–Crippen LogP) is 3.00. The van der Waals surface area contributed by atoms with Crippen LogP contribution in [0, 0.1) is 0 Å². The van der Waals surface area contributed by atoms with Crippen molar-refractivity contribution in [3.63, 3.8) is 0 Å². The van der Waals surface area contributed by atoms with Crippen molar-refractivity contribution >= 4 is 25.6 Å². The van der Waals surface area contributed by atoms with Gasteiger partial charge in [-0.25, -0.2) is 0 Å². The topological polar surface area (TPSA) is 107 Å². The van der Waals surface area contributed by atoms with Gasteiger partial charge in [0.05, 0.1) is 5.56 Å². The molecule has 0 aliphatic heterocycles. The van der Waals surface area contributed by atoms with Gasteiger partial charge in [0.25, 0.3) is 0 Å². The zero-order chi connectivity index (χ0) is 19.0. The highest BCUT2D eigenvalue weighted by molar-refractivity contribution is 7.31. The van der Waals surface area contributed by atoms with Crippen molar-refractivity contribution in [3.8, 4) is 5.75 Å². The van der Waals surface area contributed by atoms with Crippen LogP contribution in [-0.4, -0.2) is 16.0 Å². The Hall–Kier alpha value is -1.91. The summed E-state index contributed by atoms with van der Waals surface area (Å²) in [7, 11) is -3.21. The zero-order valence-corrected chi connectivity index (χ0v) is 15.8. The largest absolute Gasteiger partial charge is 0.558 e. The third-order valence-electron chi connectivity index (χ3n) is 3.67. The number of aliphatic hydroxyl groups excluding tert-OH is 2. The number of aliphatic hydroxyl groups is 2. The quantitative estimate of drug-likeness (QED) is 0.513. The molecule has 0 bridgehead atoms. The first-order valence-corrected chi connectivity index (χ1v) is 9.59. The molecule has 6 nitrogen and oxygen atoms in total. The molecule has 25 heavy (non-hydrogen) atoms. The minimum absolute atomic E-state index is 0.00662. The van der Waals surface area contributed by atoms with Gasteiger partial charge in [-0.05, 0) is 36.0 Å². The van der Waals surface area contributed by atoms with E-state index in [1.807, 2.05) is 20.8 Å². The summed E-state index contributed by atoms with van der Waals surface area (Å²) in [6, 6.07) is 2.82. The summed E-state index contributed by atoms with van der Waals surface area (Å²) in [4.78, 5) is 23.6. The lowest BCUT2D eigenvalue weighted by molar-refractivity contribution is -0.178. The summed E-state index contributed by atoms with van der Waals surface area (Å²) in [6.45, 7) is 5.59. The molecule has 0 aromatic heterocycles. The monoisotopic (exact) mass is 368 g/mol. The maximum Gasteiger partial charge on any atom is 0.539 e. The van der Waals surface area contributed by atoms with Gasteiger partial charge in [-0.3, -0.25) is 9.32 Å². The summed E-state index contributed by atoms with van der Waals surface area (Å²) in [5, 5.41) is 21.4. The molecule has 1 aromatic carbocycles. The van der Waals surface area contributed by atoms with E-state index in [1.165, 1.54) is 12.1 Å². The van der Waals surface area contributed by atoms with Gasteiger partial charge in [0.1, 0.15) is 11.5 Å². The molecule has 0 aliphatic rings. The standard InChI is InChI=1S/C18H25O6P/c1-4-7-13(19)12-10-11-16(24-25(22)23)18(15(21)9-6-3)17(12)14(20)8-5-2/h10-11,19-20H,4-9H2,1-3H3. The third-order valence-corrected chi connectivity index (χ3v) is 4.01. The molecule has 0 heterocycles. The third kappa shape index (κ3) is 5.55. The highest BCUT2D eigenvalue weighted by Gasteiger charge is 2.21. The summed E-state index contributed by atoms with van der Waals surface area (Å²) in [6.07, 6.45) is 2.72. The number of hydrogen-bond acceptors (Lipinski definition) is 6. The van der Waals surface area contributed by atoms with Crippen LogP contribution in [0.15, 0.2) is 12.1 Å². The van der Waals surface area contributed by atoms with Gasteiger partial charge in [-0.1, -0.05) is 20.8 Å². The van der Waals surface area contributed by atoms with Gasteiger partial charge in [-0.15, -0.1) is 0 Å². The van der Waals surface area contributed by atoms with E-state index in [4.69, 9.17) is 4.52 Å². The van der Waals surface area contributed by atoms with Crippen LogP contribution in [-0.2, 0) is 4.57 Å². The van der Waals surface area contributed by atoms with Crippen LogP contribution >= 0.6 is 8.25 Å². The van der Waals surface area contributed by atoms with E-state index >= 15 is 0 Å². The lowest BCUT2D eigenvalue weighted by Gasteiger charge is -2.10. The minimum Gasteiger partial charge on any atom is -0.558 e. The van der Waals surface area contributed by atoms with Crippen molar-refractivity contribution in [3.05, 3.63) is 28.1 Å². The van der Waals surface area contributed by atoms with Gasteiger partial charge in [0.15, 0.2) is 11.5 Å². The minimum atomic E-state index is -3.21. The molecule has 0 saturated carbocycles. The Morgan fingerprint density at radius 1 is 1.04 bits per heavy atom. The maximum atomic E-state index is 12.6. The number of rotatable bonds is 9. The molecule has 1 atom stereocenters. The van der Waals surface area contributed by atoms with E-state index in [9.17, 15) is 24.5 Å². The van der Waals surface area contributed by atoms with Crippen LogP contribution in [0.4, 0.5) is 0 Å². The van der Waals surface area contributed by atoms with Gasteiger partial charge < -0.3 is 15.1 Å². The fraction of sp³-hybridized carbons (Fsp3) is 0.500. The van der Waals surface area contributed by atoms with Gasteiger partial charge >= 0.3 is 8.25 Å². The summed E-state index contributed by atoms with van der Waals surface area (Å²) in [5.41, 5.74) is 0.00662. The highest BCUT2D eigenvalue weighted by Crippen LogP contribution is 2.24. The fourth-order valence-electron chi connectivity index (χ4n) is 2.64. The van der Waals surface area contributed by atoms with Crippen LogP contribution in [0.3, 0.4) is 0 Å². The summed E-state index contributed by atoms with van der Waals surface area (Å²) >= 11 is 0. The van der Waals surface area contributed by atoms with Crippen molar-refractivity contribution in [2.45, 2.75) is 59.3 Å². The predicted molar refractivity (Wildman–Crippen MR) is 95.1 cm³/mol. The SMILES string of the molecule is CCCC(=O)c1c(O[P+](=O)[O-])ccc(=C(O)CCC)c1=C(O)CCC. The Labute approximate surface area is 148 Å². The van der Waals surface area contributed by atoms with Crippen molar-refractivity contribution in [2.24, 2.45) is 0 Å². The Balaban J connectivity index is 3.96. The van der Waals surface area contributed by atoms with Crippen molar-refractivity contribution < 1.29 is 29.0 Å². The van der Waals surface area contributed by atoms with Crippen LogP contribution in [0.1, 0.15) is 69.7 Å². The summed E-state index contributed by atoms with van der Waals surface area (Å²) in [5.74, 6) is -0.478. The molecule has 1 rings (SSSR count). The molecule has 1 aromatic rings. The van der Waals surface area contributed by atoms with Gasteiger partial charge in [0, 0.05) is 29.7 Å². The lowest BCUT2D eigenvalue weighted by Crippen LogP contribution is -2.35. The maximum absolute atomic E-state index is 12.6. The molecule has 0 amide bonds. The number of hydrogen-bond donors (Lipinski definition) is 2. The molecule has 2 N–H and O–H groups in total. The fourth-order valence-corrected chi connectivity index (χ4v) is 2.96. The first-order valence-electron chi connectivity index (χ1n) is 8.50. The molecule has 138 valence electrons.